The van der Waals surface area contributed by atoms with Crippen LogP contribution in [-0.4, -0.2) is 51.6 Å². The van der Waals surface area contributed by atoms with Crippen molar-refractivity contribution in [3.8, 4) is 11.1 Å². The van der Waals surface area contributed by atoms with Crippen molar-refractivity contribution in [3.05, 3.63) is 60.2 Å². The lowest BCUT2D eigenvalue weighted by atomic mass is 10.0. The molecule has 3 aromatic rings. The van der Waals surface area contributed by atoms with Gasteiger partial charge in [0.1, 0.15) is 11.5 Å². The van der Waals surface area contributed by atoms with E-state index in [9.17, 15) is 9.59 Å². The van der Waals surface area contributed by atoms with Gasteiger partial charge in [-0.05, 0) is 23.3 Å². The van der Waals surface area contributed by atoms with Crippen LogP contribution >= 0.6 is 0 Å². The van der Waals surface area contributed by atoms with E-state index >= 15 is 0 Å². The Balaban J connectivity index is 1.50. The van der Waals surface area contributed by atoms with Gasteiger partial charge in [-0.2, -0.15) is 0 Å². The Labute approximate surface area is 184 Å². The molecule has 0 saturated carbocycles. The van der Waals surface area contributed by atoms with Crippen molar-refractivity contribution in [2.75, 3.05) is 25.0 Å². The van der Waals surface area contributed by atoms with Crippen LogP contribution in [0.5, 0.6) is 0 Å². The Morgan fingerprint density at radius 1 is 1.28 bits per heavy atom. The molecule has 1 saturated heterocycles. The normalized spacial score (nSPS) is 17.4. The number of amidine groups is 1. The monoisotopic (exact) mass is 429 g/mol. The van der Waals surface area contributed by atoms with Crippen LogP contribution in [0.1, 0.15) is 12.5 Å². The van der Waals surface area contributed by atoms with E-state index in [1.165, 1.54) is 0 Å². The van der Waals surface area contributed by atoms with E-state index in [1.54, 1.807) is 24.1 Å². The smallest absolute Gasteiger partial charge is 0.228 e. The number of nitrogens with two attached hydrogens (primary N) is 1. The molecule has 9 nitrogen and oxygen atoms in total. The number of fused-ring (bicyclic) bond motifs is 2. The van der Waals surface area contributed by atoms with Crippen molar-refractivity contribution in [3.63, 3.8) is 0 Å². The summed E-state index contributed by atoms with van der Waals surface area (Å²) in [5.74, 6) is 0.361. The number of nitrogens with one attached hydrogen (secondary N) is 2. The zero-order valence-corrected chi connectivity index (χ0v) is 17.6. The van der Waals surface area contributed by atoms with Crippen LogP contribution in [0.25, 0.3) is 16.8 Å². The summed E-state index contributed by atoms with van der Waals surface area (Å²) in [4.78, 5) is 34.2. The summed E-state index contributed by atoms with van der Waals surface area (Å²) in [7, 11) is 0. The molecule has 1 aromatic carbocycles. The highest BCUT2D eigenvalue weighted by Gasteiger charge is 2.19. The maximum atomic E-state index is 11.7. The van der Waals surface area contributed by atoms with Gasteiger partial charge in [-0.3, -0.25) is 9.59 Å². The van der Waals surface area contributed by atoms with Crippen molar-refractivity contribution < 1.29 is 9.59 Å². The summed E-state index contributed by atoms with van der Waals surface area (Å²) < 4.78 is 1.90. The zero-order chi connectivity index (χ0) is 22.2. The fourth-order valence-corrected chi connectivity index (χ4v) is 4.06. The molecular formula is C23H23N7O2. The van der Waals surface area contributed by atoms with Gasteiger partial charge in [-0.25, -0.2) is 9.98 Å². The van der Waals surface area contributed by atoms with Gasteiger partial charge in [-0.15, -0.1) is 0 Å². The van der Waals surface area contributed by atoms with Crippen molar-refractivity contribution in [2.45, 2.75) is 13.3 Å². The van der Waals surface area contributed by atoms with Gasteiger partial charge in [-0.1, -0.05) is 12.1 Å². The second-order valence-electron chi connectivity index (χ2n) is 7.94. The highest BCUT2D eigenvalue weighted by molar-refractivity contribution is 6.00. The lowest BCUT2D eigenvalue weighted by Gasteiger charge is -2.28. The molecule has 1 fully saturated rings. The first kappa shape index (κ1) is 19.8. The van der Waals surface area contributed by atoms with E-state index in [0.29, 0.717) is 43.2 Å². The van der Waals surface area contributed by atoms with Crippen molar-refractivity contribution in [1.29, 1.82) is 0 Å². The molecule has 0 unspecified atom stereocenters. The summed E-state index contributed by atoms with van der Waals surface area (Å²) in [5.41, 5.74) is 12.1. The molecule has 4 N–H and O–H groups in total. The van der Waals surface area contributed by atoms with Crippen LogP contribution in [-0.2, 0) is 16.0 Å². The molecule has 32 heavy (non-hydrogen) atoms. The first-order chi connectivity index (χ1) is 15.5. The van der Waals surface area contributed by atoms with E-state index in [0.717, 1.165) is 28.1 Å². The summed E-state index contributed by atoms with van der Waals surface area (Å²) in [6.45, 7) is 3.38. The molecule has 162 valence electrons. The van der Waals surface area contributed by atoms with E-state index in [1.807, 2.05) is 41.1 Å². The number of carbonyl (C=O) groups excluding carboxylic acids is 2. The molecule has 2 aliphatic rings. The average Bonchev–Trinajstić information content (AvgIpc) is 3.38. The Kier molecular flexibility index (Phi) is 4.85. The number of pyridine rings is 1. The molecule has 2 amide bonds. The molecule has 0 aliphatic carbocycles. The number of nitrogens with zero attached hydrogens (tertiary/aromatic N) is 4. The second-order valence-corrected chi connectivity index (χ2v) is 7.94. The van der Waals surface area contributed by atoms with Crippen LogP contribution in [0.2, 0.25) is 0 Å². The van der Waals surface area contributed by atoms with Crippen molar-refractivity contribution in [2.24, 2.45) is 10.7 Å². The first-order valence-electron chi connectivity index (χ1n) is 10.4. The number of hydrogen-bond donors (Lipinski definition) is 3. The van der Waals surface area contributed by atoms with Crippen LogP contribution in [0.15, 0.2) is 59.6 Å². The highest BCUT2D eigenvalue weighted by Crippen LogP contribution is 2.32. The zero-order valence-electron chi connectivity index (χ0n) is 17.6. The Hall–Kier alpha value is -4.14. The second kappa shape index (κ2) is 7.84. The van der Waals surface area contributed by atoms with Gasteiger partial charge >= 0.3 is 0 Å². The van der Waals surface area contributed by atoms with Gasteiger partial charge in [0.2, 0.25) is 11.8 Å². The van der Waals surface area contributed by atoms with Crippen LogP contribution in [0, 0.1) is 0 Å². The standard InChI is InChI=1S/C23H23N7O2/c1-14(31)29-6-4-25-18(13-29)11-21(24)27-20-9-17(12-30-7-5-26-23(20)30)15-2-3-16-10-22(32)28-19(16)8-15/h2-3,5,7-9,11-12,25H,4,6,10,13H2,1H3,(H2,24,27)(H,28,32)/b18-11-. The maximum Gasteiger partial charge on any atom is 0.228 e. The molecule has 0 bridgehead atoms. The largest absolute Gasteiger partial charge is 0.385 e. The topological polar surface area (TPSA) is 117 Å². The molecular weight excluding hydrogens is 406 g/mol. The number of aliphatic imine (C=N–C) groups is 1. The molecule has 4 heterocycles. The maximum absolute atomic E-state index is 11.7. The van der Waals surface area contributed by atoms with Gasteiger partial charge in [0.05, 0.1) is 13.0 Å². The number of anilines is 1. The summed E-state index contributed by atoms with van der Waals surface area (Å²) in [5, 5.41) is 6.16. The van der Waals surface area contributed by atoms with Crippen LogP contribution in [0.4, 0.5) is 11.4 Å². The summed E-state index contributed by atoms with van der Waals surface area (Å²) in [6.07, 6.45) is 7.71. The Bertz CT molecular complexity index is 1300. The number of benzene rings is 1. The minimum Gasteiger partial charge on any atom is -0.385 e. The quantitative estimate of drug-likeness (QED) is 0.434. The first-order valence-corrected chi connectivity index (χ1v) is 10.4. The van der Waals surface area contributed by atoms with Crippen molar-refractivity contribution >= 4 is 34.7 Å². The summed E-state index contributed by atoms with van der Waals surface area (Å²) in [6, 6.07) is 7.87. The van der Waals surface area contributed by atoms with E-state index < -0.39 is 0 Å². The molecule has 0 radical (unpaired) electrons. The van der Waals surface area contributed by atoms with E-state index in [4.69, 9.17) is 5.73 Å². The number of rotatable bonds is 3. The fraction of sp³-hybridized carbons (Fsp3) is 0.217. The van der Waals surface area contributed by atoms with E-state index in [-0.39, 0.29) is 11.8 Å². The number of hydrogen-bond acceptors (Lipinski definition) is 5. The third-order valence-electron chi connectivity index (χ3n) is 5.65. The molecule has 5 rings (SSSR count). The molecule has 2 aliphatic heterocycles. The van der Waals surface area contributed by atoms with Gasteiger partial charge in [0, 0.05) is 61.6 Å². The number of carbonyl (C=O) groups is 2. The number of imidazole rings is 1. The minimum absolute atomic E-state index is 0.00738. The predicted octanol–water partition coefficient (Wildman–Crippen LogP) is 1.82. The molecule has 2 aromatic heterocycles. The SMILES string of the molecule is CC(=O)N1CCN/C(=C\C(N)=Nc2cc(-c3ccc4c(c3)NC(=O)C4)cn3ccnc23)C1. The predicted molar refractivity (Wildman–Crippen MR) is 123 cm³/mol. The number of aromatic nitrogens is 2. The lowest BCUT2D eigenvalue weighted by molar-refractivity contribution is -0.128. The van der Waals surface area contributed by atoms with Gasteiger partial charge in [0.15, 0.2) is 5.65 Å². The Morgan fingerprint density at radius 2 is 2.16 bits per heavy atom. The fourth-order valence-electron chi connectivity index (χ4n) is 4.06. The summed E-state index contributed by atoms with van der Waals surface area (Å²) >= 11 is 0. The third-order valence-corrected chi connectivity index (χ3v) is 5.65. The molecule has 9 heteroatoms. The lowest BCUT2D eigenvalue weighted by Crippen LogP contribution is -2.44. The third kappa shape index (κ3) is 3.80. The van der Waals surface area contributed by atoms with Crippen LogP contribution < -0.4 is 16.4 Å². The Morgan fingerprint density at radius 3 is 3.00 bits per heavy atom. The molecule has 0 spiro atoms. The van der Waals surface area contributed by atoms with Crippen molar-refractivity contribution in [1.82, 2.24) is 19.6 Å². The van der Waals surface area contributed by atoms with Gasteiger partial charge in [0.25, 0.3) is 0 Å². The minimum atomic E-state index is 0.00738. The van der Waals surface area contributed by atoms with E-state index in [2.05, 4.69) is 20.6 Å². The average molecular weight is 429 g/mol. The number of piperazine rings is 1. The van der Waals surface area contributed by atoms with Crippen LogP contribution in [0.3, 0.4) is 0 Å². The number of amides is 2. The van der Waals surface area contributed by atoms with Gasteiger partial charge < -0.3 is 25.7 Å². The molecule has 0 atom stereocenters. The highest BCUT2D eigenvalue weighted by atomic mass is 16.2.